The van der Waals surface area contributed by atoms with Gasteiger partial charge < -0.3 is 16.0 Å². The van der Waals surface area contributed by atoms with Crippen LogP contribution < -0.4 is 16.0 Å². The van der Waals surface area contributed by atoms with Crippen LogP contribution in [0.4, 0.5) is 22.7 Å². The van der Waals surface area contributed by atoms with Gasteiger partial charge in [0.25, 0.3) is 5.69 Å². The molecule has 0 aromatic heterocycles. The van der Waals surface area contributed by atoms with E-state index >= 15 is 0 Å². The highest BCUT2D eigenvalue weighted by Crippen LogP contribution is 2.31. The van der Waals surface area contributed by atoms with Crippen LogP contribution >= 0.6 is 0 Å². The van der Waals surface area contributed by atoms with Crippen molar-refractivity contribution in [1.82, 2.24) is 0 Å². The van der Waals surface area contributed by atoms with Gasteiger partial charge in [-0.05, 0) is 49.1 Å². The zero-order valence-electron chi connectivity index (χ0n) is 14.0. The van der Waals surface area contributed by atoms with Crippen molar-refractivity contribution in [2.45, 2.75) is 19.8 Å². The molecule has 1 aliphatic rings. The molecule has 1 amide bonds. The number of carbonyl (C=O) groups excluding carboxylic acids is 1. The first kappa shape index (κ1) is 16.8. The van der Waals surface area contributed by atoms with Crippen LogP contribution in [0, 0.1) is 17.0 Å². The molecule has 0 bridgehead atoms. The third-order valence-corrected chi connectivity index (χ3v) is 4.41. The topological polar surface area (TPSA) is 102 Å². The predicted molar refractivity (Wildman–Crippen MR) is 97.9 cm³/mol. The molecule has 0 spiro atoms. The van der Waals surface area contributed by atoms with Crippen molar-refractivity contribution < 1.29 is 9.72 Å². The Hall–Kier alpha value is -3.09. The number of nitrogens with one attached hydrogen (secondary N) is 1. The van der Waals surface area contributed by atoms with E-state index in [2.05, 4.69) is 5.32 Å². The molecule has 3 N–H and O–H groups in total. The average molecular weight is 340 g/mol. The maximum absolute atomic E-state index is 12.4. The number of benzene rings is 2. The lowest BCUT2D eigenvalue weighted by molar-refractivity contribution is -0.384. The summed E-state index contributed by atoms with van der Waals surface area (Å²) in [5, 5.41) is 13.6. The number of nitro benzene ring substituents is 1. The molecule has 7 heteroatoms. The van der Waals surface area contributed by atoms with Crippen LogP contribution in [0.25, 0.3) is 0 Å². The van der Waals surface area contributed by atoms with E-state index in [0.29, 0.717) is 11.3 Å². The molecule has 0 aliphatic carbocycles. The molecule has 1 heterocycles. The number of anilines is 3. The normalized spacial score (nSPS) is 13.2. The molecule has 7 nitrogen and oxygen atoms in total. The van der Waals surface area contributed by atoms with E-state index in [1.165, 1.54) is 12.1 Å². The van der Waals surface area contributed by atoms with E-state index in [4.69, 9.17) is 5.73 Å². The smallest absolute Gasteiger partial charge is 0.269 e. The largest absolute Gasteiger partial charge is 0.398 e. The molecule has 0 fully saturated rings. The molecule has 0 radical (unpaired) electrons. The van der Waals surface area contributed by atoms with Gasteiger partial charge in [0.15, 0.2) is 0 Å². The van der Waals surface area contributed by atoms with E-state index in [1.54, 1.807) is 13.0 Å². The Balaban J connectivity index is 1.72. The summed E-state index contributed by atoms with van der Waals surface area (Å²) in [6.07, 6.45) is 1.87. The molecule has 2 aromatic carbocycles. The quantitative estimate of drug-likeness (QED) is 0.506. The molecule has 1 aliphatic heterocycles. The number of amides is 1. The fourth-order valence-electron chi connectivity index (χ4n) is 3.16. The second-order valence-corrected chi connectivity index (χ2v) is 6.17. The minimum atomic E-state index is -0.451. The van der Waals surface area contributed by atoms with Crippen molar-refractivity contribution in [3.63, 3.8) is 0 Å². The Bertz CT molecular complexity index is 835. The number of nitrogen functional groups attached to an aromatic ring is 1. The van der Waals surface area contributed by atoms with Crippen LogP contribution in [0.5, 0.6) is 0 Å². The van der Waals surface area contributed by atoms with Crippen molar-refractivity contribution in [3.8, 4) is 0 Å². The van der Waals surface area contributed by atoms with Gasteiger partial charge in [-0.2, -0.15) is 0 Å². The average Bonchev–Trinajstić information content (AvgIpc) is 2.57. The van der Waals surface area contributed by atoms with E-state index in [1.807, 2.05) is 23.1 Å². The minimum Gasteiger partial charge on any atom is -0.398 e. The second kappa shape index (κ2) is 6.80. The summed E-state index contributed by atoms with van der Waals surface area (Å²) in [6.45, 7) is 2.75. The van der Waals surface area contributed by atoms with Crippen molar-refractivity contribution in [2.75, 3.05) is 29.0 Å². The monoisotopic (exact) mass is 340 g/mol. The third kappa shape index (κ3) is 3.55. The van der Waals surface area contributed by atoms with Crippen LogP contribution in [0.2, 0.25) is 0 Å². The second-order valence-electron chi connectivity index (χ2n) is 6.17. The van der Waals surface area contributed by atoms with Crippen LogP contribution in [-0.4, -0.2) is 23.9 Å². The highest BCUT2D eigenvalue weighted by molar-refractivity contribution is 5.95. The Morgan fingerprint density at radius 3 is 2.88 bits per heavy atom. The first-order valence-electron chi connectivity index (χ1n) is 8.13. The van der Waals surface area contributed by atoms with Crippen molar-refractivity contribution >= 4 is 28.7 Å². The summed E-state index contributed by atoms with van der Waals surface area (Å²) in [5.41, 5.74) is 10.1. The Morgan fingerprint density at radius 1 is 1.36 bits per heavy atom. The predicted octanol–water partition coefficient (Wildman–Crippen LogP) is 2.88. The van der Waals surface area contributed by atoms with Gasteiger partial charge in [-0.15, -0.1) is 0 Å². The van der Waals surface area contributed by atoms with Crippen molar-refractivity contribution in [3.05, 3.63) is 57.6 Å². The van der Waals surface area contributed by atoms with Gasteiger partial charge in [-0.3, -0.25) is 14.9 Å². The number of carbonyl (C=O) groups is 1. The Labute approximate surface area is 145 Å². The molecule has 3 rings (SSSR count). The summed E-state index contributed by atoms with van der Waals surface area (Å²) >= 11 is 0. The maximum Gasteiger partial charge on any atom is 0.269 e. The van der Waals surface area contributed by atoms with Crippen LogP contribution in [0.15, 0.2) is 36.4 Å². The SMILES string of the molecule is Cc1cc([N+](=O)[O-])ccc1NC(=O)CN1CCCc2c(N)cccc21. The summed E-state index contributed by atoms with van der Waals surface area (Å²) in [4.78, 5) is 24.8. The van der Waals surface area contributed by atoms with Crippen LogP contribution in [0.1, 0.15) is 17.5 Å². The molecule has 0 saturated carbocycles. The number of nitrogens with two attached hydrogens (primary N) is 1. The van der Waals surface area contributed by atoms with E-state index in [9.17, 15) is 14.9 Å². The molecule has 130 valence electrons. The molecule has 0 saturated heterocycles. The lowest BCUT2D eigenvalue weighted by Gasteiger charge is -2.31. The van der Waals surface area contributed by atoms with Crippen LogP contribution in [0.3, 0.4) is 0 Å². The van der Waals surface area contributed by atoms with Crippen molar-refractivity contribution in [1.29, 1.82) is 0 Å². The lowest BCUT2D eigenvalue weighted by atomic mass is 10.00. The van der Waals surface area contributed by atoms with Crippen LogP contribution in [-0.2, 0) is 11.2 Å². The molecule has 0 atom stereocenters. The van der Waals surface area contributed by atoms with E-state index < -0.39 is 4.92 Å². The number of fused-ring (bicyclic) bond motifs is 1. The number of hydrogen-bond acceptors (Lipinski definition) is 5. The highest BCUT2D eigenvalue weighted by Gasteiger charge is 2.21. The zero-order chi connectivity index (χ0) is 18.0. The number of hydrogen-bond donors (Lipinski definition) is 2. The molecular weight excluding hydrogens is 320 g/mol. The zero-order valence-corrected chi connectivity index (χ0v) is 14.0. The van der Waals surface area contributed by atoms with E-state index in [-0.39, 0.29) is 18.1 Å². The summed E-state index contributed by atoms with van der Waals surface area (Å²) in [7, 11) is 0. The fraction of sp³-hybridized carbons (Fsp3) is 0.278. The third-order valence-electron chi connectivity index (χ3n) is 4.41. The van der Waals surface area contributed by atoms with Gasteiger partial charge in [0.2, 0.25) is 5.91 Å². The number of aryl methyl sites for hydroxylation is 1. The first-order chi connectivity index (χ1) is 12.0. The number of non-ortho nitro benzene ring substituents is 1. The summed E-state index contributed by atoms with van der Waals surface area (Å²) in [6, 6.07) is 10.2. The highest BCUT2D eigenvalue weighted by atomic mass is 16.6. The number of nitrogens with zero attached hydrogens (tertiary/aromatic N) is 2. The Kier molecular flexibility index (Phi) is 4.56. The molecular formula is C18H20N4O3. The first-order valence-corrected chi connectivity index (χ1v) is 8.13. The van der Waals surface area contributed by atoms with E-state index in [0.717, 1.165) is 36.3 Å². The fourth-order valence-corrected chi connectivity index (χ4v) is 3.16. The molecule has 25 heavy (non-hydrogen) atoms. The maximum atomic E-state index is 12.4. The standard InChI is InChI=1S/C18H20N4O3/c1-12-10-13(22(24)25)7-8-16(12)20-18(23)11-21-9-3-4-14-15(19)5-2-6-17(14)21/h2,5-8,10H,3-4,9,11,19H2,1H3,(H,20,23). The van der Waals surface area contributed by atoms with Gasteiger partial charge in [0.1, 0.15) is 0 Å². The minimum absolute atomic E-state index is 0.0101. The van der Waals surface area contributed by atoms with Gasteiger partial charge in [0.05, 0.1) is 11.5 Å². The summed E-state index contributed by atoms with van der Waals surface area (Å²) in [5.74, 6) is -0.160. The Morgan fingerprint density at radius 2 is 2.16 bits per heavy atom. The van der Waals surface area contributed by atoms with Gasteiger partial charge in [0, 0.05) is 35.7 Å². The van der Waals surface area contributed by atoms with Gasteiger partial charge in [-0.1, -0.05) is 6.07 Å². The van der Waals surface area contributed by atoms with Crippen molar-refractivity contribution in [2.24, 2.45) is 0 Å². The summed E-state index contributed by atoms with van der Waals surface area (Å²) < 4.78 is 0. The number of rotatable bonds is 4. The molecule has 0 unspecified atom stereocenters. The van der Waals surface area contributed by atoms with Gasteiger partial charge in [-0.25, -0.2) is 0 Å². The van der Waals surface area contributed by atoms with Gasteiger partial charge >= 0.3 is 0 Å². The molecule has 2 aromatic rings. The number of nitro groups is 1. The lowest BCUT2D eigenvalue weighted by Crippen LogP contribution is -2.37.